The van der Waals surface area contributed by atoms with Gasteiger partial charge >= 0.3 is 5.97 Å². The predicted octanol–water partition coefficient (Wildman–Crippen LogP) is 6.42. The van der Waals surface area contributed by atoms with E-state index in [-0.39, 0.29) is 11.6 Å². The quantitative estimate of drug-likeness (QED) is 0.227. The highest BCUT2D eigenvalue weighted by Gasteiger charge is 2.35. The van der Waals surface area contributed by atoms with Crippen LogP contribution in [-0.2, 0) is 17.6 Å². The molecule has 1 aliphatic carbocycles. The number of likely N-dealkylation sites (tertiary alicyclic amines) is 1. The Bertz CT molecular complexity index is 1750. The number of ether oxygens (including phenoxy) is 1. The van der Waals surface area contributed by atoms with Crippen molar-refractivity contribution >= 4 is 17.6 Å². The van der Waals surface area contributed by atoms with Crippen LogP contribution >= 0.6 is 0 Å². The second-order valence-electron chi connectivity index (χ2n) is 12.3. The Balaban J connectivity index is 1.12. The van der Waals surface area contributed by atoms with Gasteiger partial charge in [-0.3, -0.25) is 4.79 Å². The van der Waals surface area contributed by atoms with Gasteiger partial charge in [0.05, 0.1) is 23.6 Å². The third-order valence-electron chi connectivity index (χ3n) is 9.52. The minimum Gasteiger partial charge on any atom is -0.491 e. The number of nitrogens with one attached hydrogen (secondary N) is 1. The second kappa shape index (κ2) is 12.0. The smallest absolute Gasteiger partial charge is 0.339 e. The molecule has 232 valence electrons. The van der Waals surface area contributed by atoms with Crippen molar-refractivity contribution in [3.05, 3.63) is 88.7 Å². The normalized spacial score (nSPS) is 18.0. The summed E-state index contributed by atoms with van der Waals surface area (Å²) in [6.07, 6.45) is 7.02. The molecule has 0 spiro atoms. The lowest BCUT2D eigenvalue weighted by Crippen LogP contribution is -2.38. The number of aromatic carboxylic acids is 1. The van der Waals surface area contributed by atoms with Crippen molar-refractivity contribution in [2.75, 3.05) is 25.0 Å². The fourth-order valence-electron chi connectivity index (χ4n) is 7.00. The van der Waals surface area contributed by atoms with Gasteiger partial charge in [0, 0.05) is 35.8 Å². The number of carboxylic acid groups (broad SMARTS) is 1. The Kier molecular flexibility index (Phi) is 7.77. The summed E-state index contributed by atoms with van der Waals surface area (Å²) in [6, 6.07) is 18.4. The highest BCUT2D eigenvalue weighted by molar-refractivity contribution is 5.88. The zero-order valence-corrected chi connectivity index (χ0v) is 25.8. The first-order chi connectivity index (χ1) is 21.9. The molecule has 1 unspecified atom stereocenters. The van der Waals surface area contributed by atoms with Crippen molar-refractivity contribution in [1.82, 2.24) is 19.7 Å². The maximum atomic E-state index is 12.5. The van der Waals surface area contributed by atoms with Crippen molar-refractivity contribution < 1.29 is 19.4 Å². The van der Waals surface area contributed by atoms with E-state index in [1.807, 2.05) is 37.3 Å². The number of aromatic nitrogens is 3. The van der Waals surface area contributed by atoms with Crippen molar-refractivity contribution in [3.8, 4) is 22.8 Å². The van der Waals surface area contributed by atoms with E-state index in [0.29, 0.717) is 42.3 Å². The molecule has 2 aliphatic heterocycles. The maximum absolute atomic E-state index is 12.5. The molecule has 2 fully saturated rings. The van der Waals surface area contributed by atoms with E-state index in [9.17, 15) is 14.7 Å². The number of benzene rings is 2. The third kappa shape index (κ3) is 5.56. The van der Waals surface area contributed by atoms with Crippen LogP contribution < -0.4 is 10.1 Å². The van der Waals surface area contributed by atoms with Crippen molar-refractivity contribution in [1.29, 1.82) is 0 Å². The number of piperidine rings is 1. The van der Waals surface area contributed by atoms with Crippen LogP contribution in [0.2, 0.25) is 0 Å². The van der Waals surface area contributed by atoms with Gasteiger partial charge in [-0.05, 0) is 85.9 Å². The highest BCUT2D eigenvalue weighted by atomic mass is 16.5. The number of nitrogens with zero attached hydrogens (tertiary/aromatic N) is 4. The number of fused-ring (bicyclic) bond motifs is 1. The average molecular weight is 606 g/mol. The monoisotopic (exact) mass is 605 g/mol. The lowest BCUT2D eigenvalue weighted by atomic mass is 9.85. The Morgan fingerprint density at radius 1 is 1.00 bits per heavy atom. The molecule has 2 aromatic heterocycles. The number of amides is 1. The number of aryl methyl sites for hydroxylation is 1. The number of hydrogen-bond donors (Lipinski definition) is 2. The molecular weight excluding hydrogens is 566 g/mol. The molecule has 9 nitrogen and oxygen atoms in total. The number of hydrogen-bond acceptors (Lipinski definition) is 6. The topological polar surface area (TPSA) is 110 Å². The average Bonchev–Trinajstić information content (AvgIpc) is 3.70. The molecule has 3 aliphatic rings. The van der Waals surface area contributed by atoms with Crippen LogP contribution in [0.3, 0.4) is 0 Å². The minimum atomic E-state index is -0.994. The van der Waals surface area contributed by atoms with Crippen molar-refractivity contribution in [2.45, 2.75) is 64.3 Å². The van der Waals surface area contributed by atoms with E-state index < -0.39 is 5.97 Å². The Labute approximate surface area is 263 Å². The number of rotatable bonds is 9. The van der Waals surface area contributed by atoms with Crippen LogP contribution in [-0.4, -0.2) is 56.3 Å². The molecule has 0 radical (unpaired) electrons. The fraction of sp³-hybridized carbons (Fsp3) is 0.389. The Morgan fingerprint density at radius 3 is 2.53 bits per heavy atom. The van der Waals surface area contributed by atoms with E-state index in [0.717, 1.165) is 73.5 Å². The minimum absolute atomic E-state index is 0.0663. The highest BCUT2D eigenvalue weighted by Crippen LogP contribution is 2.42. The summed E-state index contributed by atoms with van der Waals surface area (Å²) < 4.78 is 7.76. The van der Waals surface area contributed by atoms with Gasteiger partial charge < -0.3 is 20.1 Å². The summed E-state index contributed by atoms with van der Waals surface area (Å²) in [6.45, 7) is 6.35. The van der Waals surface area contributed by atoms with Gasteiger partial charge in [0.2, 0.25) is 5.91 Å². The molecule has 4 aromatic rings. The van der Waals surface area contributed by atoms with E-state index in [2.05, 4.69) is 46.5 Å². The fourth-order valence-corrected chi connectivity index (χ4v) is 7.00. The summed E-state index contributed by atoms with van der Waals surface area (Å²) in [5.74, 6) is 1.55. The van der Waals surface area contributed by atoms with Crippen molar-refractivity contribution in [2.24, 2.45) is 5.92 Å². The summed E-state index contributed by atoms with van der Waals surface area (Å²) in [5, 5.41) is 17.7. The van der Waals surface area contributed by atoms with Gasteiger partial charge in [-0.2, -0.15) is 5.10 Å². The number of anilines is 1. The van der Waals surface area contributed by atoms with E-state index in [4.69, 9.17) is 9.72 Å². The first-order valence-electron chi connectivity index (χ1n) is 16.2. The maximum Gasteiger partial charge on any atom is 0.339 e. The van der Waals surface area contributed by atoms with Gasteiger partial charge in [0.1, 0.15) is 17.9 Å². The molecule has 1 amide bonds. The van der Waals surface area contributed by atoms with Gasteiger partial charge in [0.25, 0.3) is 0 Å². The first kappa shape index (κ1) is 29.1. The SMILES string of the molecule is CCc1cc(NC2COc3cccc(-c4cccc(-n5ncc(C(=O)O)c5CC)n4)c32)ccc1C1CCN(C(=O)C2CC2)CC1. The van der Waals surface area contributed by atoms with Crippen LogP contribution in [0.4, 0.5) is 5.69 Å². The van der Waals surface area contributed by atoms with Gasteiger partial charge in [-0.1, -0.05) is 38.1 Å². The van der Waals surface area contributed by atoms with Gasteiger partial charge in [-0.25, -0.2) is 14.5 Å². The Morgan fingerprint density at radius 2 is 1.80 bits per heavy atom. The van der Waals surface area contributed by atoms with Crippen LogP contribution in [0.15, 0.2) is 60.8 Å². The summed E-state index contributed by atoms with van der Waals surface area (Å²) in [5.41, 5.74) is 7.40. The van der Waals surface area contributed by atoms with E-state index >= 15 is 0 Å². The van der Waals surface area contributed by atoms with Gasteiger partial charge in [-0.15, -0.1) is 0 Å². The zero-order valence-electron chi connectivity index (χ0n) is 25.8. The van der Waals surface area contributed by atoms with Crippen LogP contribution in [0.5, 0.6) is 5.75 Å². The van der Waals surface area contributed by atoms with Crippen LogP contribution in [0.25, 0.3) is 17.1 Å². The predicted molar refractivity (Wildman–Crippen MR) is 172 cm³/mol. The number of carbonyl (C=O) groups excluding carboxylic acids is 1. The Hall–Kier alpha value is -4.66. The molecule has 4 heterocycles. The standard InChI is InChI=1S/C36H39N5O4/c1-3-22-19-25(13-14-26(22)23-15-17-40(18-16-23)35(42)24-11-12-24)38-30-21-45-32-9-5-7-27(34(30)32)29-8-6-10-33(39-29)41-31(4-2)28(20-37-41)36(43)44/h5-10,13-14,19-20,23-24,30,38H,3-4,11-12,15-18,21H2,1-2H3,(H,43,44). The molecule has 45 heavy (non-hydrogen) atoms. The summed E-state index contributed by atoms with van der Waals surface area (Å²) >= 11 is 0. The molecule has 7 rings (SSSR count). The summed E-state index contributed by atoms with van der Waals surface area (Å²) in [7, 11) is 0. The largest absolute Gasteiger partial charge is 0.491 e. The number of pyridine rings is 1. The van der Waals surface area contributed by atoms with Crippen LogP contribution in [0.1, 0.15) is 84.2 Å². The molecule has 1 atom stereocenters. The first-order valence-corrected chi connectivity index (χ1v) is 16.2. The van der Waals surface area contributed by atoms with Gasteiger partial charge in [0.15, 0.2) is 5.82 Å². The summed E-state index contributed by atoms with van der Waals surface area (Å²) in [4.78, 5) is 31.3. The molecule has 1 saturated carbocycles. The molecule has 2 aromatic carbocycles. The third-order valence-corrected chi connectivity index (χ3v) is 9.52. The molecule has 0 bridgehead atoms. The second-order valence-corrected chi connectivity index (χ2v) is 12.3. The van der Waals surface area contributed by atoms with Crippen molar-refractivity contribution in [3.63, 3.8) is 0 Å². The lowest BCUT2D eigenvalue weighted by molar-refractivity contribution is -0.133. The molecule has 2 N–H and O–H groups in total. The number of carbonyl (C=O) groups is 2. The lowest BCUT2D eigenvalue weighted by Gasteiger charge is -2.33. The van der Waals surface area contributed by atoms with E-state index in [1.165, 1.54) is 17.3 Å². The molecule has 1 saturated heterocycles. The van der Waals surface area contributed by atoms with Crippen LogP contribution in [0, 0.1) is 5.92 Å². The molecular formula is C36H39N5O4. The zero-order chi connectivity index (χ0) is 31.1. The molecule has 9 heteroatoms. The van der Waals surface area contributed by atoms with E-state index in [1.54, 1.807) is 4.68 Å². The number of carboxylic acids is 1.